The monoisotopic (exact) mass is 274 g/mol. The molecule has 0 fully saturated rings. The van der Waals surface area contributed by atoms with Crippen LogP contribution < -0.4 is 9.47 Å². The van der Waals surface area contributed by atoms with Gasteiger partial charge in [0.25, 0.3) is 0 Å². The highest BCUT2D eigenvalue weighted by Gasteiger charge is 2.26. The molecular weight excluding hydrogens is 256 g/mol. The van der Waals surface area contributed by atoms with Gasteiger partial charge in [0.2, 0.25) is 0 Å². The van der Waals surface area contributed by atoms with Gasteiger partial charge in [0.15, 0.2) is 9.84 Å². The predicted molar refractivity (Wildman–Crippen MR) is 68.1 cm³/mol. The lowest BCUT2D eigenvalue weighted by molar-refractivity contribution is 0.114. The van der Waals surface area contributed by atoms with Crippen molar-refractivity contribution in [3.8, 4) is 11.5 Å². The maximum absolute atomic E-state index is 11.9. The smallest absolute Gasteiger partial charge is 0.179 e. The fourth-order valence-electron chi connectivity index (χ4n) is 1.79. The predicted octanol–water partition coefficient (Wildman–Crippen LogP) is 1.81. The van der Waals surface area contributed by atoms with Crippen LogP contribution in [0.5, 0.6) is 11.5 Å². The van der Waals surface area contributed by atoms with Crippen LogP contribution in [0.1, 0.15) is 18.6 Å². The molecule has 0 aliphatic rings. The lowest BCUT2D eigenvalue weighted by atomic mass is 10.1. The third kappa shape index (κ3) is 2.76. The van der Waals surface area contributed by atoms with Crippen LogP contribution in [0, 0.1) is 0 Å². The van der Waals surface area contributed by atoms with E-state index in [-0.39, 0.29) is 10.6 Å². The minimum atomic E-state index is -3.45. The first-order valence-corrected chi connectivity index (χ1v) is 7.23. The highest BCUT2D eigenvalue weighted by molar-refractivity contribution is 7.90. The number of rotatable bonds is 5. The molecule has 1 rings (SSSR count). The molecule has 18 heavy (non-hydrogen) atoms. The standard InChI is InChI=1S/C12H18O5S/c1-8(15-2)11-9(16-3)6-7-10(17-4)12(11)18(5,13)14/h6-8H,1-5H3. The summed E-state index contributed by atoms with van der Waals surface area (Å²) >= 11 is 0. The maximum Gasteiger partial charge on any atom is 0.179 e. The first-order valence-electron chi connectivity index (χ1n) is 5.34. The lowest BCUT2D eigenvalue weighted by Crippen LogP contribution is -2.10. The maximum atomic E-state index is 11.9. The molecule has 102 valence electrons. The van der Waals surface area contributed by atoms with Crippen LogP contribution in [-0.2, 0) is 14.6 Å². The van der Waals surface area contributed by atoms with E-state index in [1.54, 1.807) is 19.1 Å². The van der Waals surface area contributed by atoms with E-state index >= 15 is 0 Å². The molecule has 0 heterocycles. The van der Waals surface area contributed by atoms with Gasteiger partial charge >= 0.3 is 0 Å². The van der Waals surface area contributed by atoms with Gasteiger partial charge in [-0.05, 0) is 19.1 Å². The Hall–Kier alpha value is -1.27. The van der Waals surface area contributed by atoms with Gasteiger partial charge in [-0.3, -0.25) is 0 Å². The van der Waals surface area contributed by atoms with Crippen molar-refractivity contribution in [2.45, 2.75) is 17.9 Å². The molecule has 0 aliphatic carbocycles. The normalized spacial score (nSPS) is 13.2. The number of methoxy groups -OCH3 is 3. The molecule has 0 amide bonds. The number of hydrogen-bond donors (Lipinski definition) is 0. The molecule has 0 bridgehead atoms. The topological polar surface area (TPSA) is 61.8 Å². The van der Waals surface area contributed by atoms with Crippen molar-refractivity contribution in [1.29, 1.82) is 0 Å². The van der Waals surface area contributed by atoms with Crippen molar-refractivity contribution in [1.82, 2.24) is 0 Å². The van der Waals surface area contributed by atoms with Crippen molar-refractivity contribution in [3.63, 3.8) is 0 Å². The van der Waals surface area contributed by atoms with Crippen molar-refractivity contribution in [2.24, 2.45) is 0 Å². The summed E-state index contributed by atoms with van der Waals surface area (Å²) < 4.78 is 39.4. The highest BCUT2D eigenvalue weighted by atomic mass is 32.2. The fraction of sp³-hybridized carbons (Fsp3) is 0.500. The molecule has 0 radical (unpaired) electrons. The van der Waals surface area contributed by atoms with Crippen LogP contribution in [0.2, 0.25) is 0 Å². The summed E-state index contributed by atoms with van der Waals surface area (Å²) in [5.74, 6) is 0.753. The van der Waals surface area contributed by atoms with Gasteiger partial charge in [-0.25, -0.2) is 8.42 Å². The molecule has 0 spiro atoms. The second kappa shape index (κ2) is 5.58. The Morgan fingerprint density at radius 2 is 1.56 bits per heavy atom. The third-order valence-electron chi connectivity index (χ3n) is 2.69. The van der Waals surface area contributed by atoms with E-state index in [0.29, 0.717) is 11.3 Å². The number of hydrogen-bond acceptors (Lipinski definition) is 5. The van der Waals surface area contributed by atoms with Crippen molar-refractivity contribution in [3.05, 3.63) is 17.7 Å². The van der Waals surface area contributed by atoms with Gasteiger partial charge in [0.1, 0.15) is 16.4 Å². The lowest BCUT2D eigenvalue weighted by Gasteiger charge is -2.19. The van der Waals surface area contributed by atoms with Crippen LogP contribution in [-0.4, -0.2) is 36.0 Å². The van der Waals surface area contributed by atoms with E-state index in [9.17, 15) is 8.42 Å². The molecular formula is C12H18O5S. The second-order valence-electron chi connectivity index (χ2n) is 3.86. The Kier molecular flexibility index (Phi) is 4.59. The number of benzene rings is 1. The van der Waals surface area contributed by atoms with E-state index in [1.807, 2.05) is 0 Å². The molecule has 6 heteroatoms. The van der Waals surface area contributed by atoms with Gasteiger partial charge in [-0.1, -0.05) is 0 Å². The van der Waals surface area contributed by atoms with Crippen LogP contribution in [0.4, 0.5) is 0 Å². The van der Waals surface area contributed by atoms with Crippen molar-refractivity contribution < 1.29 is 22.6 Å². The van der Waals surface area contributed by atoms with Crippen LogP contribution in [0.25, 0.3) is 0 Å². The van der Waals surface area contributed by atoms with Gasteiger partial charge in [0, 0.05) is 18.9 Å². The van der Waals surface area contributed by atoms with Gasteiger partial charge in [-0.15, -0.1) is 0 Å². The van der Waals surface area contributed by atoms with Crippen LogP contribution in [0.15, 0.2) is 17.0 Å². The summed E-state index contributed by atoms with van der Waals surface area (Å²) in [5.41, 5.74) is 0.474. The summed E-state index contributed by atoms with van der Waals surface area (Å²) in [6, 6.07) is 3.24. The Morgan fingerprint density at radius 1 is 1.06 bits per heavy atom. The summed E-state index contributed by atoms with van der Waals surface area (Å²) in [6.45, 7) is 1.76. The molecule has 5 nitrogen and oxygen atoms in total. The SMILES string of the molecule is COc1ccc(OC)c(S(C)(=O)=O)c1C(C)OC. The Bertz CT molecular complexity index is 522. The molecule has 0 saturated heterocycles. The van der Waals surface area contributed by atoms with E-state index in [4.69, 9.17) is 14.2 Å². The summed E-state index contributed by atoms with van der Waals surface area (Å²) in [4.78, 5) is 0.110. The van der Waals surface area contributed by atoms with Crippen molar-refractivity contribution >= 4 is 9.84 Å². The van der Waals surface area contributed by atoms with Crippen LogP contribution in [0.3, 0.4) is 0 Å². The first-order chi connectivity index (χ1) is 8.36. The Balaban J connectivity index is 3.70. The molecule has 1 aromatic rings. The van der Waals surface area contributed by atoms with Gasteiger partial charge in [0.05, 0.1) is 20.3 Å². The Labute approximate surface area is 108 Å². The largest absolute Gasteiger partial charge is 0.496 e. The average Bonchev–Trinajstić information content (AvgIpc) is 2.34. The summed E-state index contributed by atoms with van der Waals surface area (Å²) in [6.07, 6.45) is 0.718. The zero-order valence-electron chi connectivity index (χ0n) is 11.2. The third-order valence-corrected chi connectivity index (χ3v) is 3.85. The quantitative estimate of drug-likeness (QED) is 0.819. The molecule has 1 unspecified atom stereocenters. The number of sulfone groups is 1. The van der Waals surface area contributed by atoms with E-state index in [2.05, 4.69) is 0 Å². The molecule has 1 aromatic carbocycles. The van der Waals surface area contributed by atoms with E-state index in [0.717, 1.165) is 6.26 Å². The minimum absolute atomic E-state index is 0.110. The fourth-order valence-corrected chi connectivity index (χ4v) is 2.97. The summed E-state index contributed by atoms with van der Waals surface area (Å²) in [5, 5.41) is 0. The highest BCUT2D eigenvalue weighted by Crippen LogP contribution is 2.39. The number of ether oxygens (including phenoxy) is 3. The molecule has 0 aromatic heterocycles. The second-order valence-corrected chi connectivity index (χ2v) is 5.82. The molecule has 0 saturated carbocycles. The molecule has 0 aliphatic heterocycles. The zero-order chi connectivity index (χ0) is 13.9. The van der Waals surface area contributed by atoms with E-state index < -0.39 is 15.9 Å². The van der Waals surface area contributed by atoms with Crippen molar-refractivity contribution in [2.75, 3.05) is 27.6 Å². The summed E-state index contributed by atoms with van der Waals surface area (Å²) in [7, 11) is 0.975. The first kappa shape index (κ1) is 14.8. The van der Waals surface area contributed by atoms with Gasteiger partial charge in [-0.2, -0.15) is 0 Å². The molecule has 0 N–H and O–H groups in total. The zero-order valence-corrected chi connectivity index (χ0v) is 12.0. The average molecular weight is 274 g/mol. The van der Waals surface area contributed by atoms with Crippen LogP contribution >= 0.6 is 0 Å². The van der Waals surface area contributed by atoms with Gasteiger partial charge < -0.3 is 14.2 Å². The Morgan fingerprint density at radius 3 is 1.94 bits per heavy atom. The molecule has 1 atom stereocenters. The van der Waals surface area contributed by atoms with E-state index in [1.165, 1.54) is 21.3 Å². The minimum Gasteiger partial charge on any atom is -0.496 e.